The SMILES string of the molecule is COc1cc(C(=O)NC(c2nc(C3CC3)no2)C(C)C)ccc1OCc1ccccc1Cl. The number of methoxy groups -OCH3 is 1. The number of carbonyl (C=O) groups excluding carboxylic acids is 1. The van der Waals surface area contributed by atoms with Crippen molar-refractivity contribution >= 4 is 17.5 Å². The molecule has 0 aliphatic heterocycles. The number of amides is 1. The van der Waals surface area contributed by atoms with E-state index in [4.69, 9.17) is 25.6 Å². The van der Waals surface area contributed by atoms with Crippen LogP contribution < -0.4 is 14.8 Å². The summed E-state index contributed by atoms with van der Waals surface area (Å²) in [4.78, 5) is 17.5. The molecule has 3 aromatic rings. The Labute approximate surface area is 192 Å². The van der Waals surface area contributed by atoms with Crippen LogP contribution in [0.2, 0.25) is 5.02 Å². The number of aromatic nitrogens is 2. The molecular formula is C24H26ClN3O4. The van der Waals surface area contributed by atoms with E-state index in [9.17, 15) is 4.79 Å². The summed E-state index contributed by atoms with van der Waals surface area (Å²) in [6, 6.07) is 12.2. The Bertz CT molecular complexity index is 1090. The van der Waals surface area contributed by atoms with Gasteiger partial charge < -0.3 is 19.3 Å². The third-order valence-electron chi connectivity index (χ3n) is 5.39. The maximum atomic E-state index is 13.0. The Morgan fingerprint density at radius 3 is 2.69 bits per heavy atom. The molecule has 1 atom stereocenters. The van der Waals surface area contributed by atoms with Crippen LogP contribution in [0.3, 0.4) is 0 Å². The lowest BCUT2D eigenvalue weighted by Crippen LogP contribution is -2.32. The molecule has 0 saturated heterocycles. The number of benzene rings is 2. The standard InChI is InChI=1S/C24H26ClN3O4/c1-14(2)21(24-27-22(28-32-24)15-8-9-15)26-23(29)16-10-11-19(20(12-16)30-3)31-13-17-6-4-5-7-18(17)25/h4-7,10-12,14-15,21H,8-9,13H2,1-3H3,(H,26,29). The monoisotopic (exact) mass is 455 g/mol. The Kier molecular flexibility index (Phi) is 6.65. The average Bonchev–Trinajstić information content (AvgIpc) is 3.53. The van der Waals surface area contributed by atoms with Crippen molar-refractivity contribution in [3.8, 4) is 11.5 Å². The molecule has 1 saturated carbocycles. The van der Waals surface area contributed by atoms with E-state index in [1.54, 1.807) is 18.2 Å². The molecule has 1 amide bonds. The predicted molar refractivity (Wildman–Crippen MR) is 120 cm³/mol. The molecular weight excluding hydrogens is 430 g/mol. The molecule has 8 heteroatoms. The second-order valence-electron chi connectivity index (χ2n) is 8.21. The van der Waals surface area contributed by atoms with Gasteiger partial charge in [-0.25, -0.2) is 0 Å². The molecule has 1 aliphatic carbocycles. The number of rotatable bonds is 9. The van der Waals surface area contributed by atoms with Crippen molar-refractivity contribution in [2.24, 2.45) is 5.92 Å². The van der Waals surface area contributed by atoms with Gasteiger partial charge in [-0.15, -0.1) is 0 Å². The highest BCUT2D eigenvalue weighted by atomic mass is 35.5. The third-order valence-corrected chi connectivity index (χ3v) is 5.75. The zero-order chi connectivity index (χ0) is 22.7. The minimum absolute atomic E-state index is 0.0755. The highest BCUT2D eigenvalue weighted by molar-refractivity contribution is 6.31. The van der Waals surface area contributed by atoms with Gasteiger partial charge in [0, 0.05) is 22.1 Å². The lowest BCUT2D eigenvalue weighted by atomic mass is 10.0. The molecule has 1 heterocycles. The smallest absolute Gasteiger partial charge is 0.252 e. The van der Waals surface area contributed by atoms with Gasteiger partial charge in [-0.2, -0.15) is 4.98 Å². The summed E-state index contributed by atoms with van der Waals surface area (Å²) in [7, 11) is 1.54. The van der Waals surface area contributed by atoms with Crippen LogP contribution in [0, 0.1) is 5.92 Å². The molecule has 168 valence electrons. The van der Waals surface area contributed by atoms with Gasteiger partial charge in [0.15, 0.2) is 17.3 Å². The number of nitrogens with zero attached hydrogens (tertiary/aromatic N) is 2. The summed E-state index contributed by atoms with van der Waals surface area (Å²) in [6.07, 6.45) is 2.17. The van der Waals surface area contributed by atoms with E-state index in [1.165, 1.54) is 7.11 Å². The summed E-state index contributed by atoms with van der Waals surface area (Å²) in [5, 5.41) is 7.71. The molecule has 1 aliphatic rings. The topological polar surface area (TPSA) is 86.5 Å². The van der Waals surface area contributed by atoms with Gasteiger partial charge in [-0.3, -0.25) is 4.79 Å². The first-order valence-electron chi connectivity index (χ1n) is 10.6. The van der Waals surface area contributed by atoms with Crippen LogP contribution in [-0.4, -0.2) is 23.2 Å². The van der Waals surface area contributed by atoms with Crippen LogP contribution in [0.4, 0.5) is 0 Å². The molecule has 4 rings (SSSR count). The lowest BCUT2D eigenvalue weighted by molar-refractivity contribution is 0.0913. The fourth-order valence-corrected chi connectivity index (χ4v) is 3.51. The number of hydrogen-bond donors (Lipinski definition) is 1. The van der Waals surface area contributed by atoms with E-state index in [0.717, 1.165) is 24.2 Å². The molecule has 1 aromatic heterocycles. The maximum Gasteiger partial charge on any atom is 0.252 e. The van der Waals surface area contributed by atoms with Gasteiger partial charge >= 0.3 is 0 Å². The molecule has 1 N–H and O–H groups in total. The average molecular weight is 456 g/mol. The van der Waals surface area contributed by atoms with E-state index >= 15 is 0 Å². The van der Waals surface area contributed by atoms with Crippen LogP contribution in [-0.2, 0) is 6.61 Å². The largest absolute Gasteiger partial charge is 0.493 e. The highest BCUT2D eigenvalue weighted by Gasteiger charge is 2.31. The third kappa shape index (κ3) is 5.05. The number of nitrogens with one attached hydrogen (secondary N) is 1. The molecule has 0 bridgehead atoms. The van der Waals surface area contributed by atoms with Gasteiger partial charge in [0.25, 0.3) is 5.91 Å². The number of halogens is 1. The summed E-state index contributed by atoms with van der Waals surface area (Å²) >= 11 is 6.20. The second-order valence-corrected chi connectivity index (χ2v) is 8.61. The zero-order valence-electron chi connectivity index (χ0n) is 18.3. The second kappa shape index (κ2) is 9.61. The Balaban J connectivity index is 1.46. The Morgan fingerprint density at radius 1 is 1.22 bits per heavy atom. The first-order valence-corrected chi connectivity index (χ1v) is 11.0. The number of carbonyl (C=O) groups is 1. The molecule has 1 unspecified atom stereocenters. The predicted octanol–water partition coefficient (Wildman–Crippen LogP) is 5.32. The van der Waals surface area contributed by atoms with Gasteiger partial charge in [0.1, 0.15) is 12.6 Å². The summed E-state index contributed by atoms with van der Waals surface area (Å²) < 4.78 is 16.8. The minimum atomic E-state index is -0.385. The molecule has 1 fully saturated rings. The molecule has 0 spiro atoms. The van der Waals surface area contributed by atoms with Gasteiger partial charge in [0.2, 0.25) is 5.89 Å². The van der Waals surface area contributed by atoms with Crippen molar-refractivity contribution in [1.29, 1.82) is 0 Å². The molecule has 32 heavy (non-hydrogen) atoms. The van der Waals surface area contributed by atoms with Gasteiger partial charge in [-0.1, -0.05) is 48.8 Å². The van der Waals surface area contributed by atoms with E-state index in [1.807, 2.05) is 38.1 Å². The number of ether oxygens (including phenoxy) is 2. The molecule has 0 radical (unpaired) electrons. The van der Waals surface area contributed by atoms with Gasteiger partial charge in [0.05, 0.1) is 7.11 Å². The fraction of sp³-hybridized carbons (Fsp3) is 0.375. The first kappa shape index (κ1) is 22.1. The first-order chi connectivity index (χ1) is 15.5. The Hall–Kier alpha value is -3.06. The number of hydrogen-bond acceptors (Lipinski definition) is 6. The molecule has 7 nitrogen and oxygen atoms in total. The van der Waals surface area contributed by atoms with Crippen LogP contribution in [0.15, 0.2) is 47.0 Å². The van der Waals surface area contributed by atoms with Crippen molar-refractivity contribution in [3.63, 3.8) is 0 Å². The van der Waals surface area contributed by atoms with Crippen LogP contribution >= 0.6 is 11.6 Å². The van der Waals surface area contributed by atoms with E-state index in [-0.39, 0.29) is 24.5 Å². The zero-order valence-corrected chi connectivity index (χ0v) is 19.1. The van der Waals surface area contributed by atoms with Crippen molar-refractivity contribution in [2.45, 2.75) is 45.3 Å². The minimum Gasteiger partial charge on any atom is -0.493 e. The van der Waals surface area contributed by atoms with Crippen LogP contribution in [0.25, 0.3) is 0 Å². The normalized spacial score (nSPS) is 14.3. The van der Waals surface area contributed by atoms with Gasteiger partial charge in [-0.05, 0) is 43.0 Å². The van der Waals surface area contributed by atoms with E-state index in [2.05, 4.69) is 15.5 Å². The Morgan fingerprint density at radius 2 is 2.00 bits per heavy atom. The van der Waals surface area contributed by atoms with Crippen LogP contribution in [0.5, 0.6) is 11.5 Å². The van der Waals surface area contributed by atoms with E-state index in [0.29, 0.717) is 33.9 Å². The van der Waals surface area contributed by atoms with Crippen molar-refractivity contribution in [3.05, 3.63) is 70.3 Å². The quantitative estimate of drug-likeness (QED) is 0.470. The lowest BCUT2D eigenvalue weighted by Gasteiger charge is -2.19. The fourth-order valence-electron chi connectivity index (χ4n) is 3.32. The van der Waals surface area contributed by atoms with Crippen molar-refractivity contribution in [1.82, 2.24) is 15.5 Å². The highest BCUT2D eigenvalue weighted by Crippen LogP contribution is 2.39. The van der Waals surface area contributed by atoms with Crippen LogP contribution in [0.1, 0.15) is 66.3 Å². The van der Waals surface area contributed by atoms with Crippen molar-refractivity contribution < 1.29 is 18.8 Å². The maximum absolute atomic E-state index is 13.0. The summed E-state index contributed by atoms with van der Waals surface area (Å²) in [6.45, 7) is 4.29. The molecule has 2 aromatic carbocycles. The summed E-state index contributed by atoms with van der Waals surface area (Å²) in [5.74, 6) is 2.34. The summed E-state index contributed by atoms with van der Waals surface area (Å²) in [5.41, 5.74) is 1.31. The van der Waals surface area contributed by atoms with E-state index < -0.39 is 0 Å². The van der Waals surface area contributed by atoms with Crippen molar-refractivity contribution in [2.75, 3.05) is 7.11 Å².